The van der Waals surface area contributed by atoms with E-state index in [9.17, 15) is 4.79 Å². The van der Waals surface area contributed by atoms with Crippen LogP contribution < -0.4 is 0 Å². The number of thioether (sulfide) groups is 1. The topological polar surface area (TPSA) is 66.8 Å². The Morgan fingerprint density at radius 1 is 1.67 bits per heavy atom. The Bertz CT molecular complexity index is 122. The van der Waals surface area contributed by atoms with E-state index in [1.54, 1.807) is 0 Å². The summed E-state index contributed by atoms with van der Waals surface area (Å²) in [6.45, 7) is 2.95. The Morgan fingerprint density at radius 3 is 2.67 bits per heavy atom. The molecule has 71 valence electrons. The van der Waals surface area contributed by atoms with Crippen molar-refractivity contribution >= 4 is 42.2 Å². The zero-order valence-corrected chi connectivity index (χ0v) is 10.1. The zero-order valence-electron chi connectivity index (χ0n) is 6.77. The molecule has 6 heteroatoms. The number of hydrogen-bond acceptors (Lipinski definition) is 4. The van der Waals surface area contributed by atoms with E-state index in [-0.39, 0.29) is 24.4 Å². The predicted molar refractivity (Wildman–Crippen MR) is 48.3 cm³/mol. The summed E-state index contributed by atoms with van der Waals surface area (Å²) >= 11 is 0.955. The molecule has 12 heavy (non-hydrogen) atoms. The molecule has 4 nitrogen and oxygen atoms in total. The van der Waals surface area contributed by atoms with Crippen LogP contribution in [0.3, 0.4) is 0 Å². The molecule has 0 aliphatic rings. The maximum Gasteiger partial charge on any atom is 0.343 e. The average molecular weight is 302 g/mol. The Hall–Kier alpha value is 0.558. The van der Waals surface area contributed by atoms with Gasteiger partial charge in [0.05, 0.1) is 6.61 Å². The minimum absolute atomic E-state index is 0. The minimum Gasteiger partial charge on any atom is -0.479 e. The first-order valence-electron chi connectivity index (χ1n) is 3.28. The Labute approximate surface area is 93.1 Å². The van der Waals surface area contributed by atoms with Gasteiger partial charge < -0.3 is 14.9 Å². The van der Waals surface area contributed by atoms with Gasteiger partial charge in [0, 0.05) is 36.8 Å². The number of aliphatic hydroxyl groups excluding tert-OH is 1. The van der Waals surface area contributed by atoms with Gasteiger partial charge in [-0.05, 0) is 6.92 Å². The molecule has 1 atom stereocenters. The third-order valence-corrected chi connectivity index (χ3v) is 1.84. The summed E-state index contributed by atoms with van der Waals surface area (Å²) in [5.41, 5.74) is -1.32. The average Bonchev–Trinajstić information content (AvgIpc) is 1.97. The summed E-state index contributed by atoms with van der Waals surface area (Å²) in [7, 11) is 0. The molecule has 0 aromatic rings. The van der Waals surface area contributed by atoms with Crippen LogP contribution in [0, 0.1) is 0 Å². The SMILES string of the molecule is CCOCCSC(O)C(=O)O.[Sb]. The normalized spacial score (nSPS) is 11.8. The fourth-order valence-electron chi connectivity index (χ4n) is 0.434. The molecule has 0 rings (SSSR count). The van der Waals surface area contributed by atoms with Crippen molar-refractivity contribution in [3.05, 3.63) is 0 Å². The number of rotatable bonds is 6. The first-order chi connectivity index (χ1) is 5.18. The van der Waals surface area contributed by atoms with Crippen LogP contribution in [-0.2, 0) is 9.53 Å². The van der Waals surface area contributed by atoms with Gasteiger partial charge in [-0.3, -0.25) is 0 Å². The monoisotopic (exact) mass is 301 g/mol. The smallest absolute Gasteiger partial charge is 0.343 e. The Balaban J connectivity index is 0. The molecule has 0 aliphatic heterocycles. The van der Waals surface area contributed by atoms with Crippen LogP contribution in [0.1, 0.15) is 6.92 Å². The fourth-order valence-corrected chi connectivity index (χ4v) is 1.01. The summed E-state index contributed by atoms with van der Waals surface area (Å²) in [6, 6.07) is 0. The van der Waals surface area contributed by atoms with E-state index in [1.165, 1.54) is 0 Å². The van der Waals surface area contributed by atoms with Crippen molar-refractivity contribution in [1.82, 2.24) is 0 Å². The Morgan fingerprint density at radius 2 is 2.25 bits per heavy atom. The largest absolute Gasteiger partial charge is 0.479 e. The van der Waals surface area contributed by atoms with Crippen LogP contribution in [0.2, 0.25) is 0 Å². The van der Waals surface area contributed by atoms with Crippen molar-refractivity contribution in [3.63, 3.8) is 0 Å². The summed E-state index contributed by atoms with van der Waals surface area (Å²) < 4.78 is 4.94. The number of ether oxygens (including phenoxy) is 1. The number of carbonyl (C=O) groups is 1. The van der Waals surface area contributed by atoms with E-state index in [2.05, 4.69) is 0 Å². The molecular weight excluding hydrogens is 290 g/mol. The second-order valence-electron chi connectivity index (χ2n) is 1.76. The summed E-state index contributed by atoms with van der Waals surface area (Å²) in [5, 5.41) is 17.0. The van der Waals surface area contributed by atoms with E-state index in [0.29, 0.717) is 19.0 Å². The van der Waals surface area contributed by atoms with Crippen LogP contribution in [0.15, 0.2) is 0 Å². The molecule has 0 bridgehead atoms. The number of carboxylic acids is 1. The second-order valence-corrected chi connectivity index (χ2v) is 2.95. The van der Waals surface area contributed by atoms with Crippen LogP contribution in [0.25, 0.3) is 0 Å². The zero-order chi connectivity index (χ0) is 8.69. The van der Waals surface area contributed by atoms with Crippen LogP contribution >= 0.6 is 11.8 Å². The minimum atomic E-state index is -1.32. The number of aliphatic carboxylic acids is 1. The van der Waals surface area contributed by atoms with E-state index in [0.717, 1.165) is 11.8 Å². The summed E-state index contributed by atoms with van der Waals surface area (Å²) in [4.78, 5) is 10.1. The van der Waals surface area contributed by atoms with E-state index >= 15 is 0 Å². The molecule has 0 aliphatic carbocycles. The van der Waals surface area contributed by atoms with Gasteiger partial charge in [-0.1, -0.05) is 0 Å². The molecule has 2 N–H and O–H groups in total. The van der Waals surface area contributed by atoms with Crippen molar-refractivity contribution in [3.8, 4) is 0 Å². The molecule has 3 radical (unpaired) electrons. The fraction of sp³-hybridized carbons (Fsp3) is 0.833. The number of hydrogen-bond donors (Lipinski definition) is 2. The van der Waals surface area contributed by atoms with Crippen molar-refractivity contribution in [1.29, 1.82) is 0 Å². The van der Waals surface area contributed by atoms with Gasteiger partial charge in [-0.2, -0.15) is 0 Å². The molecule has 0 fully saturated rings. The third-order valence-electron chi connectivity index (χ3n) is 0.919. The molecule has 0 aromatic carbocycles. The molecule has 1 unspecified atom stereocenters. The summed E-state index contributed by atoms with van der Waals surface area (Å²) in [5.74, 6) is -0.701. The van der Waals surface area contributed by atoms with Crippen molar-refractivity contribution in [2.75, 3.05) is 19.0 Å². The van der Waals surface area contributed by atoms with Gasteiger partial charge in [0.1, 0.15) is 0 Å². The standard InChI is InChI=1S/C6H12O4S.Sb/c1-2-10-3-4-11-6(9)5(7)8;/h6,9H,2-4H2,1H3,(H,7,8);. The molecule has 0 saturated carbocycles. The van der Waals surface area contributed by atoms with E-state index < -0.39 is 11.4 Å². The van der Waals surface area contributed by atoms with E-state index in [4.69, 9.17) is 14.9 Å². The molecule has 0 heterocycles. The van der Waals surface area contributed by atoms with E-state index in [1.807, 2.05) is 6.92 Å². The van der Waals surface area contributed by atoms with Crippen molar-refractivity contribution in [2.45, 2.75) is 12.4 Å². The van der Waals surface area contributed by atoms with Gasteiger partial charge in [0.2, 0.25) is 0 Å². The van der Waals surface area contributed by atoms with Gasteiger partial charge >= 0.3 is 5.97 Å². The molecule has 0 spiro atoms. The maximum atomic E-state index is 10.1. The quantitative estimate of drug-likeness (QED) is 0.403. The number of carboxylic acid groups (broad SMARTS) is 1. The number of aliphatic hydroxyl groups is 1. The Kier molecular flexibility index (Phi) is 12.1. The van der Waals surface area contributed by atoms with Crippen molar-refractivity contribution in [2.24, 2.45) is 0 Å². The molecule has 0 saturated heterocycles. The first-order valence-corrected chi connectivity index (χ1v) is 4.33. The third kappa shape index (κ3) is 8.65. The van der Waals surface area contributed by atoms with Gasteiger partial charge in [0.15, 0.2) is 5.44 Å². The van der Waals surface area contributed by atoms with Crippen LogP contribution in [0.4, 0.5) is 0 Å². The van der Waals surface area contributed by atoms with Crippen molar-refractivity contribution < 1.29 is 19.7 Å². The predicted octanol–water partition coefficient (Wildman–Crippen LogP) is -0.222. The molecule has 0 amide bonds. The van der Waals surface area contributed by atoms with Gasteiger partial charge in [-0.25, -0.2) is 4.79 Å². The van der Waals surface area contributed by atoms with Gasteiger partial charge in [0.25, 0.3) is 0 Å². The van der Waals surface area contributed by atoms with Gasteiger partial charge in [-0.15, -0.1) is 11.8 Å². The first kappa shape index (κ1) is 15.0. The van der Waals surface area contributed by atoms with Crippen LogP contribution in [0.5, 0.6) is 0 Å². The molecule has 0 aromatic heterocycles. The second kappa shape index (κ2) is 9.64. The maximum absolute atomic E-state index is 10.1. The molecular formula is C6H12O4SSb. The van der Waals surface area contributed by atoms with Crippen LogP contribution in [-0.4, -0.2) is 65.0 Å². The summed E-state index contributed by atoms with van der Waals surface area (Å²) in [6.07, 6.45) is 0.